The highest BCUT2D eigenvalue weighted by molar-refractivity contribution is 7.80. The van der Waals surface area contributed by atoms with Gasteiger partial charge in [0, 0.05) is 0 Å². The van der Waals surface area contributed by atoms with Crippen LogP contribution < -0.4 is 0 Å². The Labute approximate surface area is 94.7 Å². The summed E-state index contributed by atoms with van der Waals surface area (Å²) in [7, 11) is 0. The Bertz CT molecular complexity index is 366. The number of ether oxygens (including phenoxy) is 1. The van der Waals surface area contributed by atoms with Gasteiger partial charge in [0.2, 0.25) is 5.05 Å². The van der Waals surface area contributed by atoms with E-state index in [9.17, 15) is 5.11 Å². The van der Waals surface area contributed by atoms with Crippen molar-refractivity contribution in [2.45, 2.75) is 33.3 Å². The van der Waals surface area contributed by atoms with Crippen molar-refractivity contribution in [2.75, 3.05) is 6.61 Å². The highest BCUT2D eigenvalue weighted by atomic mass is 32.1. The number of aryl methyl sites for hydroxylation is 1. The van der Waals surface area contributed by atoms with E-state index in [0.29, 0.717) is 28.9 Å². The fraction of sp³-hybridized carbons (Fsp3) is 0.600. The molecule has 84 valence electrons. The molecule has 4 nitrogen and oxygen atoms in total. The molecule has 1 aromatic rings. The molecule has 0 aromatic carbocycles. The van der Waals surface area contributed by atoms with Gasteiger partial charge in [0.25, 0.3) is 0 Å². The maximum absolute atomic E-state index is 9.91. The molecule has 0 atom stereocenters. The first-order chi connectivity index (χ1) is 6.86. The van der Waals surface area contributed by atoms with Crippen molar-refractivity contribution >= 4 is 17.3 Å². The van der Waals surface area contributed by atoms with Gasteiger partial charge in [-0.25, -0.2) is 4.98 Å². The van der Waals surface area contributed by atoms with Gasteiger partial charge in [-0.05, 0) is 39.9 Å². The van der Waals surface area contributed by atoms with E-state index in [2.05, 4.69) is 9.97 Å². The van der Waals surface area contributed by atoms with E-state index >= 15 is 0 Å². The highest BCUT2D eigenvalue weighted by Crippen LogP contribution is 2.22. The minimum atomic E-state index is -1.00. The van der Waals surface area contributed by atoms with E-state index in [-0.39, 0.29) is 0 Å². The maximum Gasteiger partial charge on any atom is 0.212 e. The summed E-state index contributed by atoms with van der Waals surface area (Å²) < 4.78 is 5.21. The fourth-order valence-electron chi connectivity index (χ4n) is 1.28. The summed E-state index contributed by atoms with van der Waals surface area (Å²) in [6, 6.07) is 0. The van der Waals surface area contributed by atoms with Crippen LogP contribution in [0.4, 0.5) is 0 Å². The monoisotopic (exact) mass is 228 g/mol. The van der Waals surface area contributed by atoms with Crippen molar-refractivity contribution in [3.63, 3.8) is 0 Å². The lowest BCUT2D eigenvalue weighted by molar-refractivity contribution is 0.0738. The molecular formula is C10H16N2O2S. The fourth-order valence-corrected chi connectivity index (χ4v) is 1.55. The second kappa shape index (κ2) is 4.28. The average molecular weight is 228 g/mol. The summed E-state index contributed by atoms with van der Waals surface area (Å²) in [5, 5.41) is 10.2. The molecule has 0 unspecified atom stereocenters. The summed E-state index contributed by atoms with van der Waals surface area (Å²) in [6.07, 6.45) is 0. The molecule has 0 radical (unpaired) electrons. The molecule has 0 bridgehead atoms. The van der Waals surface area contributed by atoms with Gasteiger partial charge in [-0.1, -0.05) is 0 Å². The van der Waals surface area contributed by atoms with Gasteiger partial charge in [0.1, 0.15) is 17.1 Å². The molecule has 1 rings (SSSR count). The molecule has 0 saturated carbocycles. The number of rotatable bonds is 3. The van der Waals surface area contributed by atoms with Gasteiger partial charge in [0.15, 0.2) is 0 Å². The number of H-pyrrole nitrogens is 1. The maximum atomic E-state index is 9.91. The molecule has 5 heteroatoms. The standard InChI is InChI=1S/C10H16N2O2S/c1-5-14-9(15)7-8(10(3,4)13)12-6(2)11-7/h13H,5H2,1-4H3,(H,11,12). The van der Waals surface area contributed by atoms with Crippen LogP contribution in [0.1, 0.15) is 38.0 Å². The third kappa shape index (κ3) is 2.76. The molecule has 2 N–H and O–H groups in total. The third-order valence-electron chi connectivity index (χ3n) is 1.90. The van der Waals surface area contributed by atoms with E-state index in [1.807, 2.05) is 13.8 Å². The molecule has 1 aromatic heterocycles. The van der Waals surface area contributed by atoms with Gasteiger partial charge < -0.3 is 14.8 Å². The van der Waals surface area contributed by atoms with Gasteiger partial charge in [-0.15, -0.1) is 0 Å². The van der Waals surface area contributed by atoms with E-state index in [1.54, 1.807) is 13.8 Å². The molecule has 0 aliphatic carbocycles. The Morgan fingerprint density at radius 1 is 1.60 bits per heavy atom. The van der Waals surface area contributed by atoms with Gasteiger partial charge in [-0.2, -0.15) is 0 Å². The van der Waals surface area contributed by atoms with Crippen LogP contribution in [0, 0.1) is 6.92 Å². The molecular weight excluding hydrogens is 212 g/mol. The number of nitrogens with zero attached hydrogens (tertiary/aromatic N) is 1. The first-order valence-corrected chi connectivity index (χ1v) is 5.23. The van der Waals surface area contributed by atoms with Crippen molar-refractivity contribution in [1.82, 2.24) is 9.97 Å². The summed E-state index contributed by atoms with van der Waals surface area (Å²) in [5.41, 5.74) is 0.118. The largest absolute Gasteiger partial charge is 0.482 e. The van der Waals surface area contributed by atoms with Crippen molar-refractivity contribution in [2.24, 2.45) is 0 Å². The normalized spacial score (nSPS) is 11.5. The van der Waals surface area contributed by atoms with Crippen LogP contribution in [0.3, 0.4) is 0 Å². The number of aliphatic hydroxyl groups is 1. The lowest BCUT2D eigenvalue weighted by Gasteiger charge is -2.17. The Balaban J connectivity index is 3.12. The van der Waals surface area contributed by atoms with Crippen LogP contribution >= 0.6 is 12.2 Å². The van der Waals surface area contributed by atoms with Crippen LogP contribution in [-0.4, -0.2) is 26.7 Å². The molecule has 0 spiro atoms. The number of hydrogen-bond acceptors (Lipinski definition) is 4. The topological polar surface area (TPSA) is 58.1 Å². The van der Waals surface area contributed by atoms with Crippen LogP contribution in [0.5, 0.6) is 0 Å². The van der Waals surface area contributed by atoms with E-state index < -0.39 is 5.60 Å². The zero-order chi connectivity index (χ0) is 11.6. The second-order valence-electron chi connectivity index (χ2n) is 3.83. The second-order valence-corrected chi connectivity index (χ2v) is 4.20. The smallest absolute Gasteiger partial charge is 0.212 e. The summed E-state index contributed by atoms with van der Waals surface area (Å²) in [4.78, 5) is 7.21. The average Bonchev–Trinajstić information content (AvgIpc) is 2.47. The lowest BCUT2D eigenvalue weighted by Crippen LogP contribution is -2.20. The molecule has 0 saturated heterocycles. The highest BCUT2D eigenvalue weighted by Gasteiger charge is 2.26. The first kappa shape index (κ1) is 12.1. The minimum Gasteiger partial charge on any atom is -0.482 e. The molecule has 15 heavy (non-hydrogen) atoms. The minimum absolute atomic E-state index is 0.318. The number of hydrogen-bond donors (Lipinski definition) is 2. The van der Waals surface area contributed by atoms with Crippen molar-refractivity contribution < 1.29 is 9.84 Å². The predicted molar refractivity (Wildman–Crippen MR) is 61.9 cm³/mol. The van der Waals surface area contributed by atoms with Crippen LogP contribution in [0.25, 0.3) is 0 Å². The van der Waals surface area contributed by atoms with Gasteiger partial charge in [0.05, 0.1) is 12.3 Å². The van der Waals surface area contributed by atoms with Crippen LogP contribution in [-0.2, 0) is 10.3 Å². The Morgan fingerprint density at radius 2 is 2.20 bits per heavy atom. The van der Waals surface area contributed by atoms with Crippen molar-refractivity contribution in [1.29, 1.82) is 0 Å². The van der Waals surface area contributed by atoms with Crippen molar-refractivity contribution in [3.8, 4) is 0 Å². The summed E-state index contributed by atoms with van der Waals surface area (Å²) in [6.45, 7) is 7.52. The third-order valence-corrected chi connectivity index (χ3v) is 2.21. The van der Waals surface area contributed by atoms with Gasteiger partial charge >= 0.3 is 0 Å². The van der Waals surface area contributed by atoms with Crippen molar-refractivity contribution in [3.05, 3.63) is 17.2 Å². The predicted octanol–water partition coefficient (Wildman–Crippen LogP) is 1.66. The zero-order valence-corrected chi connectivity index (χ0v) is 10.2. The number of thiocarbonyl (C=S) groups is 1. The SMILES string of the molecule is CCOC(=S)c1nc(C)[nH]c1C(C)(C)O. The number of aromatic amines is 1. The van der Waals surface area contributed by atoms with Gasteiger partial charge in [-0.3, -0.25) is 0 Å². The summed E-state index contributed by atoms with van der Waals surface area (Å²) >= 11 is 5.07. The van der Waals surface area contributed by atoms with E-state index in [0.717, 1.165) is 0 Å². The Hall–Kier alpha value is -0.940. The van der Waals surface area contributed by atoms with E-state index in [1.165, 1.54) is 0 Å². The Morgan fingerprint density at radius 3 is 2.67 bits per heavy atom. The first-order valence-electron chi connectivity index (χ1n) is 4.82. The number of imidazole rings is 1. The Kier molecular flexibility index (Phi) is 3.46. The number of aromatic nitrogens is 2. The molecule has 0 aliphatic rings. The summed E-state index contributed by atoms with van der Waals surface area (Å²) in [5.74, 6) is 0.712. The molecule has 0 amide bonds. The molecule has 1 heterocycles. The zero-order valence-electron chi connectivity index (χ0n) is 9.42. The van der Waals surface area contributed by atoms with Crippen LogP contribution in [0.15, 0.2) is 0 Å². The molecule has 0 fully saturated rings. The molecule has 0 aliphatic heterocycles. The quantitative estimate of drug-likeness (QED) is 0.772. The van der Waals surface area contributed by atoms with E-state index in [4.69, 9.17) is 17.0 Å². The van der Waals surface area contributed by atoms with Crippen LogP contribution in [0.2, 0.25) is 0 Å². The lowest BCUT2D eigenvalue weighted by atomic mass is 10.0. The number of nitrogens with one attached hydrogen (secondary N) is 1.